The van der Waals surface area contributed by atoms with E-state index in [9.17, 15) is 9.90 Å². The Morgan fingerprint density at radius 3 is 2.34 bits per heavy atom. The van der Waals surface area contributed by atoms with Crippen LogP contribution < -0.4 is 5.32 Å². The molecular formula is C26H31ClN2O3. The van der Waals surface area contributed by atoms with Gasteiger partial charge in [0.15, 0.2) is 0 Å². The van der Waals surface area contributed by atoms with Crippen molar-refractivity contribution in [2.75, 3.05) is 19.7 Å². The maximum atomic E-state index is 13.3. The second-order valence-electron chi connectivity index (χ2n) is 8.45. The van der Waals surface area contributed by atoms with Gasteiger partial charge in [-0.05, 0) is 72.6 Å². The zero-order chi connectivity index (χ0) is 22.9. The number of amides is 1. The molecule has 2 N–H and O–H groups in total. The highest BCUT2D eigenvalue weighted by Gasteiger charge is 2.48. The van der Waals surface area contributed by atoms with Crippen LogP contribution in [0.5, 0.6) is 0 Å². The van der Waals surface area contributed by atoms with Gasteiger partial charge in [0.25, 0.3) is 5.91 Å². The SMILES string of the molecule is CCON1CCC2(CC1)NC(=O)C(c1c(CC)ccc(-c3ccc(Cl)cc3)c1CC)=C2O. The van der Waals surface area contributed by atoms with E-state index >= 15 is 0 Å². The molecule has 0 unspecified atom stereocenters. The Bertz CT molecular complexity index is 1040. The minimum absolute atomic E-state index is 0.177. The fourth-order valence-electron chi connectivity index (χ4n) is 5.03. The fraction of sp³-hybridized carbons (Fsp3) is 0.423. The maximum Gasteiger partial charge on any atom is 0.256 e. The van der Waals surface area contributed by atoms with E-state index in [0.29, 0.717) is 43.1 Å². The molecule has 0 radical (unpaired) electrons. The van der Waals surface area contributed by atoms with Crippen LogP contribution in [-0.2, 0) is 22.5 Å². The zero-order valence-electron chi connectivity index (χ0n) is 19.0. The van der Waals surface area contributed by atoms with Crippen LogP contribution >= 0.6 is 11.6 Å². The topological polar surface area (TPSA) is 61.8 Å². The number of piperidine rings is 1. The van der Waals surface area contributed by atoms with Crippen molar-refractivity contribution in [2.24, 2.45) is 0 Å². The number of rotatable bonds is 6. The van der Waals surface area contributed by atoms with Gasteiger partial charge in [-0.2, -0.15) is 5.06 Å². The van der Waals surface area contributed by atoms with E-state index in [1.165, 1.54) is 0 Å². The minimum atomic E-state index is -0.716. The third kappa shape index (κ3) is 3.94. The van der Waals surface area contributed by atoms with Crippen molar-refractivity contribution in [1.82, 2.24) is 10.4 Å². The van der Waals surface area contributed by atoms with Gasteiger partial charge in [-0.15, -0.1) is 0 Å². The number of benzene rings is 2. The van der Waals surface area contributed by atoms with Gasteiger partial charge in [-0.25, -0.2) is 0 Å². The lowest BCUT2D eigenvalue weighted by molar-refractivity contribution is -0.172. The average Bonchev–Trinajstić information content (AvgIpc) is 3.04. The number of carbonyl (C=O) groups excluding carboxylic acids is 1. The molecule has 5 nitrogen and oxygen atoms in total. The third-order valence-electron chi connectivity index (χ3n) is 6.70. The van der Waals surface area contributed by atoms with Crippen LogP contribution in [0.15, 0.2) is 42.2 Å². The summed E-state index contributed by atoms with van der Waals surface area (Å²) in [5, 5.41) is 17.2. The number of hydrogen-bond donors (Lipinski definition) is 2. The van der Waals surface area contributed by atoms with Gasteiger partial charge in [0.1, 0.15) is 11.3 Å². The first-order valence-corrected chi connectivity index (χ1v) is 11.9. The summed E-state index contributed by atoms with van der Waals surface area (Å²) < 4.78 is 0. The van der Waals surface area contributed by atoms with Crippen LogP contribution in [0.4, 0.5) is 0 Å². The number of nitrogens with one attached hydrogen (secondary N) is 1. The third-order valence-corrected chi connectivity index (χ3v) is 6.95. The van der Waals surface area contributed by atoms with E-state index < -0.39 is 5.54 Å². The summed E-state index contributed by atoms with van der Waals surface area (Å²) in [5.74, 6) is -0.0127. The molecule has 2 aliphatic heterocycles. The van der Waals surface area contributed by atoms with Crippen molar-refractivity contribution in [3.63, 3.8) is 0 Å². The van der Waals surface area contributed by atoms with Gasteiger partial charge < -0.3 is 10.4 Å². The Labute approximate surface area is 195 Å². The van der Waals surface area contributed by atoms with Gasteiger partial charge >= 0.3 is 0 Å². The number of halogens is 1. The summed E-state index contributed by atoms with van der Waals surface area (Å²) in [6, 6.07) is 12.0. The molecular weight excluding hydrogens is 424 g/mol. The van der Waals surface area contributed by atoms with Crippen molar-refractivity contribution < 1.29 is 14.7 Å². The van der Waals surface area contributed by atoms with E-state index in [-0.39, 0.29) is 11.7 Å². The number of nitrogens with zero attached hydrogens (tertiary/aromatic N) is 1. The largest absolute Gasteiger partial charge is 0.509 e. The van der Waals surface area contributed by atoms with Crippen molar-refractivity contribution in [2.45, 2.75) is 52.0 Å². The lowest BCUT2D eigenvalue weighted by atomic mass is 9.82. The van der Waals surface area contributed by atoms with Crippen LogP contribution in [0.2, 0.25) is 5.02 Å². The van der Waals surface area contributed by atoms with Crippen LogP contribution in [0.1, 0.15) is 50.3 Å². The van der Waals surface area contributed by atoms with Crippen molar-refractivity contribution in [3.8, 4) is 11.1 Å². The van der Waals surface area contributed by atoms with Gasteiger partial charge in [-0.1, -0.05) is 49.7 Å². The molecule has 2 aliphatic rings. The molecule has 1 amide bonds. The molecule has 2 aromatic rings. The van der Waals surface area contributed by atoms with Gasteiger partial charge in [0, 0.05) is 18.1 Å². The number of hydroxylamine groups is 2. The molecule has 6 heteroatoms. The summed E-state index contributed by atoms with van der Waals surface area (Å²) >= 11 is 6.10. The van der Waals surface area contributed by atoms with Crippen LogP contribution in [0, 0.1) is 0 Å². The van der Waals surface area contributed by atoms with Gasteiger partial charge in [-0.3, -0.25) is 9.63 Å². The van der Waals surface area contributed by atoms with E-state index in [2.05, 4.69) is 31.3 Å². The quantitative estimate of drug-likeness (QED) is 0.620. The van der Waals surface area contributed by atoms with E-state index in [1.807, 2.05) is 36.3 Å². The van der Waals surface area contributed by atoms with E-state index in [0.717, 1.165) is 40.7 Å². The van der Waals surface area contributed by atoms with Crippen molar-refractivity contribution >= 4 is 23.1 Å². The number of aliphatic hydroxyl groups excluding tert-OH is 1. The minimum Gasteiger partial charge on any atom is -0.509 e. The Balaban J connectivity index is 1.83. The molecule has 32 heavy (non-hydrogen) atoms. The predicted molar refractivity (Wildman–Crippen MR) is 128 cm³/mol. The summed E-state index contributed by atoms with van der Waals surface area (Å²) in [7, 11) is 0. The molecule has 4 rings (SSSR count). The Morgan fingerprint density at radius 1 is 1.06 bits per heavy atom. The smallest absolute Gasteiger partial charge is 0.256 e. The molecule has 1 saturated heterocycles. The summed E-state index contributed by atoms with van der Waals surface area (Å²) in [6.45, 7) is 8.09. The second-order valence-corrected chi connectivity index (χ2v) is 8.88. The van der Waals surface area contributed by atoms with Crippen LogP contribution in [0.3, 0.4) is 0 Å². The zero-order valence-corrected chi connectivity index (χ0v) is 19.8. The Morgan fingerprint density at radius 2 is 1.75 bits per heavy atom. The average molecular weight is 455 g/mol. The second kappa shape index (κ2) is 9.26. The molecule has 2 heterocycles. The molecule has 0 bridgehead atoms. The maximum absolute atomic E-state index is 13.3. The Kier molecular flexibility index (Phi) is 6.61. The standard InChI is InChI=1S/C26H31ClN2O3/c1-4-17-9-12-21(18-7-10-19(27)11-8-18)20(5-2)22(17)23-24(30)26(28-25(23)31)13-15-29(16-14-26)32-6-3/h7-12,30H,4-6,13-16H2,1-3H3,(H,28,31). The van der Waals surface area contributed by atoms with Gasteiger partial charge in [0.05, 0.1) is 12.2 Å². The van der Waals surface area contributed by atoms with E-state index in [4.69, 9.17) is 16.4 Å². The van der Waals surface area contributed by atoms with Crippen molar-refractivity contribution in [1.29, 1.82) is 0 Å². The first-order chi connectivity index (χ1) is 15.4. The number of aryl methyl sites for hydroxylation is 1. The molecule has 0 aromatic heterocycles. The monoisotopic (exact) mass is 454 g/mol. The first-order valence-electron chi connectivity index (χ1n) is 11.5. The number of carbonyl (C=O) groups is 1. The molecule has 0 aliphatic carbocycles. The Hall–Kier alpha value is -2.34. The normalized spacial score (nSPS) is 18.4. The first kappa shape index (κ1) is 22.8. The summed E-state index contributed by atoms with van der Waals surface area (Å²) in [4.78, 5) is 18.9. The molecule has 1 spiro atoms. The highest BCUT2D eigenvalue weighted by Crippen LogP contribution is 2.42. The molecule has 0 saturated carbocycles. The summed E-state index contributed by atoms with van der Waals surface area (Å²) in [6.07, 6.45) is 2.76. The van der Waals surface area contributed by atoms with Crippen LogP contribution in [0.25, 0.3) is 16.7 Å². The van der Waals surface area contributed by atoms with Crippen LogP contribution in [-0.4, -0.2) is 41.3 Å². The molecule has 170 valence electrons. The lowest BCUT2D eigenvalue weighted by Gasteiger charge is -2.38. The fourth-order valence-corrected chi connectivity index (χ4v) is 5.15. The van der Waals surface area contributed by atoms with E-state index in [1.54, 1.807) is 0 Å². The highest BCUT2D eigenvalue weighted by molar-refractivity contribution is 6.30. The molecule has 1 fully saturated rings. The number of hydrogen-bond acceptors (Lipinski definition) is 4. The van der Waals surface area contributed by atoms with Crippen molar-refractivity contribution in [3.05, 3.63) is 63.9 Å². The molecule has 2 aromatic carbocycles. The number of aliphatic hydroxyl groups is 1. The van der Waals surface area contributed by atoms with Gasteiger partial charge in [0.2, 0.25) is 0 Å². The molecule has 0 atom stereocenters. The lowest BCUT2D eigenvalue weighted by Crippen LogP contribution is -2.52. The highest BCUT2D eigenvalue weighted by atomic mass is 35.5. The summed E-state index contributed by atoms with van der Waals surface area (Å²) in [5.41, 5.74) is 4.85. The predicted octanol–water partition coefficient (Wildman–Crippen LogP) is 5.32.